The molecule has 5 heteroatoms. The van der Waals surface area contributed by atoms with Gasteiger partial charge in [-0.25, -0.2) is 0 Å². The van der Waals surface area contributed by atoms with Gasteiger partial charge in [0.2, 0.25) is 0 Å². The summed E-state index contributed by atoms with van der Waals surface area (Å²) in [6.45, 7) is 5.39. The molecular weight excluding hydrogens is 268 g/mol. The van der Waals surface area contributed by atoms with Crippen molar-refractivity contribution in [1.82, 2.24) is 5.32 Å². The molecule has 1 aromatic rings. The van der Waals surface area contributed by atoms with Crippen molar-refractivity contribution in [1.29, 1.82) is 0 Å². The SMILES string of the molecule is CCCNC(C)C1(Cc2cc(OC)cc([N+](=O)[O-])c2)CC1. The highest BCUT2D eigenvalue weighted by molar-refractivity contribution is 5.43. The van der Waals surface area contributed by atoms with Crippen LogP contribution in [0.1, 0.15) is 38.7 Å². The van der Waals surface area contributed by atoms with Crippen LogP contribution in [0.25, 0.3) is 0 Å². The van der Waals surface area contributed by atoms with E-state index >= 15 is 0 Å². The molecule has 21 heavy (non-hydrogen) atoms. The Balaban J connectivity index is 2.15. The Bertz CT molecular complexity index is 512. The molecule has 0 spiro atoms. The van der Waals surface area contributed by atoms with Gasteiger partial charge in [-0.05, 0) is 56.2 Å². The molecule has 0 amide bonds. The largest absolute Gasteiger partial charge is 0.496 e. The first-order chi connectivity index (χ1) is 10.0. The van der Waals surface area contributed by atoms with Crippen LogP contribution in [0.3, 0.4) is 0 Å². The standard InChI is InChI=1S/C16H24N2O3/c1-4-7-17-12(2)16(5-6-16)11-13-8-14(18(19)20)10-15(9-13)21-3/h8-10,12,17H,4-7,11H2,1-3H3. The number of nitrogens with zero attached hydrogens (tertiary/aromatic N) is 1. The number of rotatable bonds is 8. The van der Waals surface area contributed by atoms with Crippen molar-refractivity contribution >= 4 is 5.69 Å². The highest BCUT2D eigenvalue weighted by atomic mass is 16.6. The molecule has 5 nitrogen and oxygen atoms in total. The lowest BCUT2D eigenvalue weighted by Crippen LogP contribution is -2.36. The fourth-order valence-corrected chi connectivity index (χ4v) is 2.88. The fourth-order valence-electron chi connectivity index (χ4n) is 2.88. The first kappa shape index (κ1) is 15.8. The summed E-state index contributed by atoms with van der Waals surface area (Å²) in [5.74, 6) is 0.559. The van der Waals surface area contributed by atoms with Gasteiger partial charge in [-0.15, -0.1) is 0 Å². The third-order valence-electron chi connectivity index (χ3n) is 4.47. The predicted molar refractivity (Wildman–Crippen MR) is 82.8 cm³/mol. The number of nitrogens with one attached hydrogen (secondary N) is 1. The van der Waals surface area contributed by atoms with E-state index in [1.165, 1.54) is 18.9 Å². The van der Waals surface area contributed by atoms with Crippen LogP contribution in [0.2, 0.25) is 0 Å². The van der Waals surface area contributed by atoms with Crippen LogP contribution in [-0.2, 0) is 6.42 Å². The number of methoxy groups -OCH3 is 1. The van der Waals surface area contributed by atoms with Crippen LogP contribution in [0.4, 0.5) is 5.69 Å². The Morgan fingerprint density at radius 1 is 1.43 bits per heavy atom. The molecule has 2 rings (SSSR count). The molecule has 1 N–H and O–H groups in total. The second-order valence-electron chi connectivity index (χ2n) is 6.01. The molecule has 1 aliphatic rings. The molecule has 1 aliphatic carbocycles. The smallest absolute Gasteiger partial charge is 0.273 e. The summed E-state index contributed by atoms with van der Waals surface area (Å²) >= 11 is 0. The highest BCUT2D eigenvalue weighted by Crippen LogP contribution is 2.51. The molecule has 0 radical (unpaired) electrons. The van der Waals surface area contributed by atoms with E-state index in [0.29, 0.717) is 11.8 Å². The molecule has 1 atom stereocenters. The summed E-state index contributed by atoms with van der Waals surface area (Å²) in [5.41, 5.74) is 1.34. The van der Waals surface area contributed by atoms with Crippen molar-refractivity contribution in [3.8, 4) is 5.75 Å². The second-order valence-corrected chi connectivity index (χ2v) is 6.01. The summed E-state index contributed by atoms with van der Waals surface area (Å²) < 4.78 is 5.19. The van der Waals surface area contributed by atoms with E-state index in [-0.39, 0.29) is 16.0 Å². The maximum atomic E-state index is 11.0. The zero-order valence-corrected chi connectivity index (χ0v) is 13.0. The Morgan fingerprint density at radius 2 is 2.14 bits per heavy atom. The van der Waals surface area contributed by atoms with Gasteiger partial charge < -0.3 is 10.1 Å². The Morgan fingerprint density at radius 3 is 2.67 bits per heavy atom. The van der Waals surface area contributed by atoms with Crippen LogP contribution in [0, 0.1) is 15.5 Å². The van der Waals surface area contributed by atoms with Crippen molar-refractivity contribution in [3.05, 3.63) is 33.9 Å². The molecular formula is C16H24N2O3. The maximum absolute atomic E-state index is 11.0. The summed E-state index contributed by atoms with van der Waals surface area (Å²) in [7, 11) is 1.54. The fraction of sp³-hybridized carbons (Fsp3) is 0.625. The van der Waals surface area contributed by atoms with Crippen LogP contribution in [-0.4, -0.2) is 24.6 Å². The molecule has 0 saturated heterocycles. The predicted octanol–water partition coefficient (Wildman–Crippen LogP) is 3.31. The summed E-state index contributed by atoms with van der Waals surface area (Å²) in [6, 6.07) is 5.50. The third kappa shape index (κ3) is 3.73. The van der Waals surface area contributed by atoms with E-state index < -0.39 is 0 Å². The van der Waals surface area contributed by atoms with Crippen LogP contribution in [0.15, 0.2) is 18.2 Å². The van der Waals surface area contributed by atoms with Gasteiger partial charge in [-0.3, -0.25) is 10.1 Å². The molecule has 1 fully saturated rings. The summed E-state index contributed by atoms with van der Waals surface area (Å²) in [6.07, 6.45) is 4.33. The van der Waals surface area contributed by atoms with Crippen LogP contribution >= 0.6 is 0 Å². The molecule has 0 heterocycles. The van der Waals surface area contributed by atoms with E-state index in [1.54, 1.807) is 13.2 Å². The minimum atomic E-state index is -0.357. The van der Waals surface area contributed by atoms with E-state index in [1.807, 2.05) is 6.07 Å². The van der Waals surface area contributed by atoms with Gasteiger partial charge in [0.15, 0.2) is 0 Å². The van der Waals surface area contributed by atoms with Gasteiger partial charge in [0.05, 0.1) is 18.1 Å². The number of nitro benzene ring substituents is 1. The van der Waals surface area contributed by atoms with Crippen molar-refractivity contribution < 1.29 is 9.66 Å². The average molecular weight is 292 g/mol. The molecule has 0 bridgehead atoms. The number of hydrogen-bond donors (Lipinski definition) is 1. The molecule has 1 saturated carbocycles. The Labute approximate surface area is 125 Å². The van der Waals surface area contributed by atoms with Crippen LogP contribution in [0.5, 0.6) is 5.75 Å². The maximum Gasteiger partial charge on any atom is 0.273 e. The second kappa shape index (κ2) is 6.43. The Hall–Kier alpha value is -1.62. The van der Waals surface area contributed by atoms with Gasteiger partial charge in [0.25, 0.3) is 5.69 Å². The normalized spacial score (nSPS) is 17.3. The topological polar surface area (TPSA) is 64.4 Å². The molecule has 1 aromatic carbocycles. The Kier molecular flexibility index (Phi) is 4.83. The lowest BCUT2D eigenvalue weighted by atomic mass is 9.89. The van der Waals surface area contributed by atoms with Gasteiger partial charge in [0.1, 0.15) is 5.75 Å². The number of non-ortho nitro benzene ring substituents is 1. The minimum Gasteiger partial charge on any atom is -0.496 e. The lowest BCUT2D eigenvalue weighted by Gasteiger charge is -2.24. The molecule has 0 aliphatic heterocycles. The molecule has 0 aromatic heterocycles. The van der Waals surface area contributed by atoms with E-state index in [4.69, 9.17) is 4.74 Å². The molecule has 116 valence electrons. The van der Waals surface area contributed by atoms with Gasteiger partial charge in [0, 0.05) is 12.1 Å². The number of hydrogen-bond acceptors (Lipinski definition) is 4. The third-order valence-corrected chi connectivity index (χ3v) is 4.47. The highest BCUT2D eigenvalue weighted by Gasteiger charge is 2.47. The number of benzene rings is 1. The van der Waals surface area contributed by atoms with Gasteiger partial charge in [-0.2, -0.15) is 0 Å². The first-order valence-corrected chi connectivity index (χ1v) is 7.56. The van der Waals surface area contributed by atoms with Crippen molar-refractivity contribution in [2.24, 2.45) is 5.41 Å². The zero-order chi connectivity index (χ0) is 15.5. The quantitative estimate of drug-likeness (QED) is 0.589. The zero-order valence-electron chi connectivity index (χ0n) is 13.0. The summed E-state index contributed by atoms with van der Waals surface area (Å²) in [5, 5.41) is 14.6. The minimum absolute atomic E-state index is 0.106. The van der Waals surface area contributed by atoms with E-state index in [9.17, 15) is 10.1 Å². The molecule has 1 unspecified atom stereocenters. The van der Waals surface area contributed by atoms with E-state index in [0.717, 1.165) is 24.9 Å². The van der Waals surface area contributed by atoms with Gasteiger partial charge in [-0.1, -0.05) is 6.92 Å². The first-order valence-electron chi connectivity index (χ1n) is 7.56. The average Bonchev–Trinajstić information content (AvgIpc) is 3.25. The van der Waals surface area contributed by atoms with Crippen LogP contribution < -0.4 is 10.1 Å². The number of ether oxygens (including phenoxy) is 1. The lowest BCUT2D eigenvalue weighted by molar-refractivity contribution is -0.385. The van der Waals surface area contributed by atoms with E-state index in [2.05, 4.69) is 19.2 Å². The van der Waals surface area contributed by atoms with Crippen molar-refractivity contribution in [3.63, 3.8) is 0 Å². The van der Waals surface area contributed by atoms with Gasteiger partial charge >= 0.3 is 0 Å². The monoisotopic (exact) mass is 292 g/mol. The van der Waals surface area contributed by atoms with Crippen molar-refractivity contribution in [2.75, 3.05) is 13.7 Å². The number of nitro groups is 1. The van der Waals surface area contributed by atoms with Crippen molar-refractivity contribution in [2.45, 2.75) is 45.6 Å². The summed E-state index contributed by atoms with van der Waals surface area (Å²) in [4.78, 5) is 10.7.